The molecule has 1 aromatic carbocycles. The topological polar surface area (TPSA) is 80.3 Å². The summed E-state index contributed by atoms with van der Waals surface area (Å²) in [6.45, 7) is 5.97. The first-order chi connectivity index (χ1) is 12.5. The van der Waals surface area contributed by atoms with Crippen LogP contribution < -0.4 is 0 Å². The molecule has 6 heteroatoms. The van der Waals surface area contributed by atoms with Crippen LogP contribution in [0.2, 0.25) is 0 Å². The quantitative estimate of drug-likeness (QED) is 0.662. The number of nitriles is 1. The van der Waals surface area contributed by atoms with Crippen LogP contribution in [0.25, 0.3) is 5.65 Å². The standard InChI is InChI=1S/C20H20N4O2/c1-13-10-19-22-14(2)18(15(3)24(19)23-13)8-9-20(25)26-12-17-7-5-4-6-16(17)11-21/h4-7,10H,8-9,12H2,1-3H3. The average molecular weight is 348 g/mol. The molecule has 3 rings (SSSR count). The van der Waals surface area contributed by atoms with E-state index >= 15 is 0 Å². The maximum absolute atomic E-state index is 12.1. The molecule has 0 unspecified atom stereocenters. The third-order valence-corrected chi connectivity index (χ3v) is 4.39. The highest BCUT2D eigenvalue weighted by molar-refractivity contribution is 5.70. The van der Waals surface area contributed by atoms with Crippen LogP contribution in [0.5, 0.6) is 0 Å². The second-order valence-electron chi connectivity index (χ2n) is 6.25. The van der Waals surface area contributed by atoms with Crippen LogP contribution in [0, 0.1) is 32.1 Å². The first-order valence-electron chi connectivity index (χ1n) is 8.45. The van der Waals surface area contributed by atoms with Gasteiger partial charge in [-0.05, 0) is 38.8 Å². The summed E-state index contributed by atoms with van der Waals surface area (Å²) < 4.78 is 7.14. The van der Waals surface area contributed by atoms with Crippen molar-refractivity contribution in [3.63, 3.8) is 0 Å². The Balaban J connectivity index is 1.66. The van der Waals surface area contributed by atoms with Gasteiger partial charge in [0.15, 0.2) is 5.65 Å². The van der Waals surface area contributed by atoms with E-state index in [2.05, 4.69) is 16.2 Å². The number of esters is 1. The van der Waals surface area contributed by atoms with Crippen LogP contribution in [0.15, 0.2) is 30.3 Å². The summed E-state index contributed by atoms with van der Waals surface area (Å²) in [5.74, 6) is -0.298. The molecule has 26 heavy (non-hydrogen) atoms. The Labute approximate surface area is 152 Å². The van der Waals surface area contributed by atoms with Crippen molar-refractivity contribution in [2.24, 2.45) is 0 Å². The van der Waals surface area contributed by atoms with Crippen molar-refractivity contribution >= 4 is 11.6 Å². The SMILES string of the molecule is Cc1cc2nc(C)c(CCC(=O)OCc3ccccc3C#N)c(C)n2n1. The molecule has 0 fully saturated rings. The molecule has 0 atom stereocenters. The van der Waals surface area contributed by atoms with Crippen LogP contribution in [-0.2, 0) is 22.6 Å². The Bertz CT molecular complexity index is 1010. The zero-order valence-corrected chi connectivity index (χ0v) is 15.1. The molecular weight excluding hydrogens is 328 g/mol. The Morgan fingerprint density at radius 2 is 2.04 bits per heavy atom. The van der Waals surface area contributed by atoms with Crippen molar-refractivity contribution in [1.29, 1.82) is 5.26 Å². The summed E-state index contributed by atoms with van der Waals surface area (Å²) in [5.41, 5.74) is 5.86. The van der Waals surface area contributed by atoms with Crippen molar-refractivity contribution < 1.29 is 9.53 Å². The number of ether oxygens (including phenoxy) is 1. The zero-order chi connectivity index (χ0) is 18.7. The first-order valence-corrected chi connectivity index (χ1v) is 8.45. The second kappa shape index (κ2) is 7.36. The molecule has 132 valence electrons. The molecular formula is C20H20N4O2. The number of carbonyl (C=O) groups excluding carboxylic acids is 1. The minimum absolute atomic E-state index is 0.107. The van der Waals surface area contributed by atoms with E-state index in [9.17, 15) is 4.79 Å². The molecule has 0 radical (unpaired) electrons. The van der Waals surface area contributed by atoms with Gasteiger partial charge in [0.25, 0.3) is 0 Å². The van der Waals surface area contributed by atoms with Gasteiger partial charge in [0.2, 0.25) is 0 Å². The molecule has 6 nitrogen and oxygen atoms in total. The molecule has 0 amide bonds. The van der Waals surface area contributed by atoms with Gasteiger partial charge in [-0.15, -0.1) is 0 Å². The fourth-order valence-corrected chi connectivity index (χ4v) is 3.02. The first kappa shape index (κ1) is 17.6. The molecule has 0 N–H and O–H groups in total. The number of benzene rings is 1. The summed E-state index contributed by atoms with van der Waals surface area (Å²) in [7, 11) is 0. The third-order valence-electron chi connectivity index (χ3n) is 4.39. The number of hydrogen-bond donors (Lipinski definition) is 0. The summed E-state index contributed by atoms with van der Waals surface area (Å²) in [5, 5.41) is 13.5. The predicted molar refractivity (Wildman–Crippen MR) is 96.5 cm³/mol. The van der Waals surface area contributed by atoms with Gasteiger partial charge in [-0.3, -0.25) is 4.79 Å². The van der Waals surface area contributed by atoms with E-state index in [0.717, 1.165) is 28.3 Å². The van der Waals surface area contributed by atoms with Gasteiger partial charge < -0.3 is 4.74 Å². The van der Waals surface area contributed by atoms with Gasteiger partial charge >= 0.3 is 5.97 Å². The van der Waals surface area contributed by atoms with Crippen LogP contribution in [0.3, 0.4) is 0 Å². The van der Waals surface area contributed by atoms with E-state index in [0.29, 0.717) is 17.5 Å². The Kier molecular flexibility index (Phi) is 4.99. The summed E-state index contributed by atoms with van der Waals surface area (Å²) in [6, 6.07) is 11.1. The van der Waals surface area contributed by atoms with Crippen LogP contribution >= 0.6 is 0 Å². The molecule has 3 aromatic rings. The molecule has 2 aromatic heterocycles. The number of nitrogens with zero attached hydrogens (tertiary/aromatic N) is 4. The van der Waals surface area contributed by atoms with Crippen molar-refractivity contribution in [2.75, 3.05) is 0 Å². The number of carbonyl (C=O) groups is 1. The molecule has 0 bridgehead atoms. The van der Waals surface area contributed by atoms with Crippen molar-refractivity contribution in [3.05, 3.63) is 64.1 Å². The van der Waals surface area contributed by atoms with Gasteiger partial charge in [0.1, 0.15) is 6.61 Å². The fourth-order valence-electron chi connectivity index (χ4n) is 3.02. The summed E-state index contributed by atoms with van der Waals surface area (Å²) in [6.07, 6.45) is 0.794. The number of aromatic nitrogens is 3. The lowest BCUT2D eigenvalue weighted by atomic mass is 10.1. The van der Waals surface area contributed by atoms with E-state index in [1.54, 1.807) is 18.2 Å². The molecule has 0 aliphatic carbocycles. The van der Waals surface area contributed by atoms with Gasteiger partial charge in [0, 0.05) is 29.4 Å². The minimum atomic E-state index is -0.298. The average Bonchev–Trinajstić information content (AvgIpc) is 3.00. The number of fused-ring (bicyclic) bond motifs is 1. The molecule has 0 spiro atoms. The number of rotatable bonds is 5. The zero-order valence-electron chi connectivity index (χ0n) is 15.1. The second-order valence-corrected chi connectivity index (χ2v) is 6.25. The molecule has 0 aliphatic heterocycles. The number of aryl methyl sites for hydroxylation is 3. The Morgan fingerprint density at radius 3 is 2.81 bits per heavy atom. The number of hydrogen-bond acceptors (Lipinski definition) is 5. The smallest absolute Gasteiger partial charge is 0.306 e. The van der Waals surface area contributed by atoms with Gasteiger partial charge in [0.05, 0.1) is 17.3 Å². The third kappa shape index (κ3) is 3.57. The molecule has 0 saturated heterocycles. The van der Waals surface area contributed by atoms with Gasteiger partial charge in [-0.1, -0.05) is 18.2 Å². The van der Waals surface area contributed by atoms with Crippen LogP contribution in [-0.4, -0.2) is 20.6 Å². The largest absolute Gasteiger partial charge is 0.461 e. The highest BCUT2D eigenvalue weighted by atomic mass is 16.5. The lowest BCUT2D eigenvalue weighted by molar-refractivity contribution is -0.144. The normalized spacial score (nSPS) is 10.7. The minimum Gasteiger partial charge on any atom is -0.461 e. The highest BCUT2D eigenvalue weighted by Gasteiger charge is 2.13. The van der Waals surface area contributed by atoms with Crippen LogP contribution in [0.4, 0.5) is 0 Å². The van der Waals surface area contributed by atoms with Gasteiger partial charge in [-0.2, -0.15) is 10.4 Å². The molecule has 0 saturated carbocycles. The van der Waals surface area contributed by atoms with Gasteiger partial charge in [-0.25, -0.2) is 9.50 Å². The van der Waals surface area contributed by atoms with E-state index in [1.165, 1.54) is 0 Å². The Hall–Kier alpha value is -3.20. The highest BCUT2D eigenvalue weighted by Crippen LogP contribution is 2.17. The van der Waals surface area contributed by atoms with E-state index in [-0.39, 0.29) is 19.0 Å². The van der Waals surface area contributed by atoms with Crippen molar-refractivity contribution in [2.45, 2.75) is 40.2 Å². The Morgan fingerprint density at radius 1 is 1.27 bits per heavy atom. The van der Waals surface area contributed by atoms with Crippen LogP contribution in [0.1, 0.15) is 40.2 Å². The van der Waals surface area contributed by atoms with Crippen molar-refractivity contribution in [1.82, 2.24) is 14.6 Å². The van der Waals surface area contributed by atoms with E-state index in [1.807, 2.05) is 37.4 Å². The van der Waals surface area contributed by atoms with Crippen molar-refractivity contribution in [3.8, 4) is 6.07 Å². The maximum Gasteiger partial charge on any atom is 0.306 e. The lowest BCUT2D eigenvalue weighted by Crippen LogP contribution is -2.10. The summed E-state index contributed by atoms with van der Waals surface area (Å²) in [4.78, 5) is 16.7. The monoisotopic (exact) mass is 348 g/mol. The maximum atomic E-state index is 12.1. The molecule has 0 aliphatic rings. The van der Waals surface area contributed by atoms with E-state index in [4.69, 9.17) is 10.00 Å². The lowest BCUT2D eigenvalue weighted by Gasteiger charge is -2.11. The predicted octanol–water partition coefficient (Wildman–Crippen LogP) is 3.20. The molecule has 2 heterocycles. The summed E-state index contributed by atoms with van der Waals surface area (Å²) >= 11 is 0. The fraction of sp³-hybridized carbons (Fsp3) is 0.300. The van der Waals surface area contributed by atoms with E-state index < -0.39 is 0 Å².